The van der Waals surface area contributed by atoms with Crippen LogP contribution < -0.4 is 5.32 Å². The maximum atomic E-state index is 12.2. The average Bonchev–Trinajstić information content (AvgIpc) is 2.13. The van der Waals surface area contributed by atoms with Crippen LogP contribution in [-0.4, -0.2) is 41.8 Å². The van der Waals surface area contributed by atoms with Gasteiger partial charge in [0.15, 0.2) is 0 Å². The molecule has 1 heterocycles. The fourth-order valence-electron chi connectivity index (χ4n) is 1.69. The van der Waals surface area contributed by atoms with Crippen LogP contribution in [0.2, 0.25) is 0 Å². The Bertz CT molecular complexity index is 271. The molecular weight excluding hydrogens is 206 g/mol. The number of alkyl halides is 2. The highest BCUT2D eigenvalue weighted by molar-refractivity contribution is 5.96. The lowest BCUT2D eigenvalue weighted by Crippen LogP contribution is -2.63. The van der Waals surface area contributed by atoms with Gasteiger partial charge in [0.25, 0.3) is 6.43 Å². The standard InChI is InChI=1S/C9H14F2N2O2/c1-3-6-8(14)12-5(2)9(15)13(6)4-7(10)11/h5-7H,3-4H2,1-2H3,(H,12,14). The number of hydrogen-bond donors (Lipinski definition) is 1. The fraction of sp³-hybridized carbons (Fsp3) is 0.778. The number of halogens is 2. The van der Waals surface area contributed by atoms with E-state index in [0.29, 0.717) is 6.42 Å². The third-order valence-electron chi connectivity index (χ3n) is 2.41. The van der Waals surface area contributed by atoms with Gasteiger partial charge in [0.2, 0.25) is 11.8 Å². The monoisotopic (exact) mass is 220 g/mol. The van der Waals surface area contributed by atoms with Crippen LogP contribution in [-0.2, 0) is 9.59 Å². The minimum atomic E-state index is -2.61. The maximum Gasteiger partial charge on any atom is 0.255 e. The molecule has 2 amide bonds. The summed E-state index contributed by atoms with van der Waals surface area (Å²) in [6.07, 6.45) is -2.27. The Balaban J connectivity index is 2.83. The van der Waals surface area contributed by atoms with Crippen molar-refractivity contribution in [3.8, 4) is 0 Å². The van der Waals surface area contributed by atoms with Crippen molar-refractivity contribution in [2.45, 2.75) is 38.8 Å². The van der Waals surface area contributed by atoms with E-state index in [1.807, 2.05) is 0 Å². The van der Waals surface area contributed by atoms with Crippen LogP contribution >= 0.6 is 0 Å². The van der Waals surface area contributed by atoms with Crippen LogP contribution in [0.4, 0.5) is 8.78 Å². The second kappa shape index (κ2) is 4.55. The van der Waals surface area contributed by atoms with Crippen LogP contribution in [0.25, 0.3) is 0 Å². The van der Waals surface area contributed by atoms with Crippen LogP contribution in [0.1, 0.15) is 20.3 Å². The number of amides is 2. The summed E-state index contributed by atoms with van der Waals surface area (Å²) in [5, 5.41) is 2.46. The second-order valence-electron chi connectivity index (χ2n) is 3.54. The van der Waals surface area contributed by atoms with E-state index in [4.69, 9.17) is 0 Å². The van der Waals surface area contributed by atoms with Crippen molar-refractivity contribution in [1.29, 1.82) is 0 Å². The number of hydrogen-bond acceptors (Lipinski definition) is 2. The summed E-state index contributed by atoms with van der Waals surface area (Å²) >= 11 is 0. The smallest absolute Gasteiger partial charge is 0.255 e. The molecule has 15 heavy (non-hydrogen) atoms. The molecular formula is C9H14F2N2O2. The Hall–Kier alpha value is -1.20. The zero-order chi connectivity index (χ0) is 11.6. The number of nitrogens with zero attached hydrogens (tertiary/aromatic N) is 1. The minimum absolute atomic E-state index is 0.344. The Labute approximate surface area is 86.6 Å². The second-order valence-corrected chi connectivity index (χ2v) is 3.54. The first kappa shape index (κ1) is 11.9. The number of rotatable bonds is 3. The molecule has 0 aliphatic carbocycles. The van der Waals surface area contributed by atoms with E-state index < -0.39 is 31.0 Å². The molecule has 2 atom stereocenters. The first-order chi connectivity index (χ1) is 6.97. The van der Waals surface area contributed by atoms with Gasteiger partial charge in [-0.1, -0.05) is 6.92 Å². The number of carbonyl (C=O) groups excluding carboxylic acids is 2. The zero-order valence-corrected chi connectivity index (χ0v) is 8.67. The van der Waals surface area contributed by atoms with Crippen molar-refractivity contribution in [3.63, 3.8) is 0 Å². The Kier molecular flexibility index (Phi) is 3.60. The fourth-order valence-corrected chi connectivity index (χ4v) is 1.69. The van der Waals surface area contributed by atoms with Gasteiger partial charge in [-0.3, -0.25) is 9.59 Å². The largest absolute Gasteiger partial charge is 0.343 e. The molecule has 1 aliphatic rings. The van der Waals surface area contributed by atoms with E-state index >= 15 is 0 Å². The summed E-state index contributed by atoms with van der Waals surface area (Å²) in [5.41, 5.74) is 0. The predicted octanol–water partition coefficient (Wildman–Crippen LogP) is 0.377. The van der Waals surface area contributed by atoms with Crippen molar-refractivity contribution in [2.24, 2.45) is 0 Å². The van der Waals surface area contributed by atoms with Crippen molar-refractivity contribution in [2.75, 3.05) is 6.54 Å². The van der Waals surface area contributed by atoms with Gasteiger partial charge >= 0.3 is 0 Å². The molecule has 0 aromatic heterocycles. The molecule has 1 rings (SSSR count). The van der Waals surface area contributed by atoms with Crippen LogP contribution in [0, 0.1) is 0 Å². The molecule has 0 saturated carbocycles. The number of nitrogens with one attached hydrogen (secondary N) is 1. The molecule has 86 valence electrons. The summed E-state index contributed by atoms with van der Waals surface area (Å²) in [6, 6.07) is -1.47. The number of piperazine rings is 1. The molecule has 6 heteroatoms. The molecule has 1 saturated heterocycles. The van der Waals surface area contributed by atoms with Crippen LogP contribution in [0.15, 0.2) is 0 Å². The molecule has 1 fully saturated rings. The topological polar surface area (TPSA) is 49.4 Å². The van der Waals surface area contributed by atoms with Crippen LogP contribution in [0.3, 0.4) is 0 Å². The summed E-state index contributed by atoms with van der Waals surface area (Å²) in [7, 11) is 0. The number of carbonyl (C=O) groups is 2. The zero-order valence-electron chi connectivity index (χ0n) is 8.67. The molecule has 2 unspecified atom stereocenters. The van der Waals surface area contributed by atoms with E-state index in [1.165, 1.54) is 6.92 Å². The first-order valence-electron chi connectivity index (χ1n) is 4.86. The Morgan fingerprint density at radius 2 is 2.07 bits per heavy atom. The molecule has 0 aromatic rings. The molecule has 1 aliphatic heterocycles. The van der Waals surface area contributed by atoms with Gasteiger partial charge in [0.05, 0.1) is 6.54 Å². The van der Waals surface area contributed by atoms with Gasteiger partial charge in [-0.15, -0.1) is 0 Å². The SMILES string of the molecule is CCC1C(=O)NC(C)C(=O)N1CC(F)F. The van der Waals surface area contributed by atoms with Gasteiger partial charge in [-0.25, -0.2) is 8.78 Å². The lowest BCUT2D eigenvalue weighted by atomic mass is 10.1. The highest BCUT2D eigenvalue weighted by Crippen LogP contribution is 2.14. The molecule has 0 aromatic carbocycles. The van der Waals surface area contributed by atoms with Gasteiger partial charge < -0.3 is 10.2 Å². The summed E-state index contributed by atoms with van der Waals surface area (Å²) in [5.74, 6) is -0.799. The van der Waals surface area contributed by atoms with E-state index in [-0.39, 0.29) is 5.91 Å². The van der Waals surface area contributed by atoms with E-state index in [2.05, 4.69) is 5.32 Å². The Morgan fingerprint density at radius 3 is 2.53 bits per heavy atom. The lowest BCUT2D eigenvalue weighted by molar-refractivity contribution is -0.151. The quantitative estimate of drug-likeness (QED) is 0.747. The van der Waals surface area contributed by atoms with Crippen molar-refractivity contribution >= 4 is 11.8 Å². The van der Waals surface area contributed by atoms with Crippen molar-refractivity contribution < 1.29 is 18.4 Å². The van der Waals surface area contributed by atoms with Gasteiger partial charge in [-0.05, 0) is 13.3 Å². The molecule has 4 nitrogen and oxygen atoms in total. The first-order valence-corrected chi connectivity index (χ1v) is 4.86. The summed E-state index contributed by atoms with van der Waals surface area (Å²) < 4.78 is 24.5. The third-order valence-corrected chi connectivity index (χ3v) is 2.41. The lowest BCUT2D eigenvalue weighted by Gasteiger charge is -2.37. The minimum Gasteiger partial charge on any atom is -0.343 e. The third kappa shape index (κ3) is 2.43. The van der Waals surface area contributed by atoms with E-state index in [9.17, 15) is 18.4 Å². The summed E-state index contributed by atoms with van der Waals surface area (Å²) in [4.78, 5) is 23.9. The maximum absolute atomic E-state index is 12.2. The van der Waals surface area contributed by atoms with Gasteiger partial charge in [-0.2, -0.15) is 0 Å². The molecule has 0 radical (unpaired) electrons. The molecule has 0 spiro atoms. The summed E-state index contributed by atoms with van der Waals surface area (Å²) in [6.45, 7) is 2.51. The van der Waals surface area contributed by atoms with Gasteiger partial charge in [0.1, 0.15) is 12.1 Å². The van der Waals surface area contributed by atoms with Crippen LogP contribution in [0.5, 0.6) is 0 Å². The van der Waals surface area contributed by atoms with Gasteiger partial charge in [0, 0.05) is 0 Å². The molecule has 0 bridgehead atoms. The molecule has 1 N–H and O–H groups in total. The predicted molar refractivity (Wildman–Crippen MR) is 49.4 cm³/mol. The highest BCUT2D eigenvalue weighted by Gasteiger charge is 2.38. The van der Waals surface area contributed by atoms with Crippen molar-refractivity contribution in [3.05, 3.63) is 0 Å². The Morgan fingerprint density at radius 1 is 1.47 bits per heavy atom. The van der Waals surface area contributed by atoms with E-state index in [0.717, 1.165) is 4.90 Å². The highest BCUT2D eigenvalue weighted by atomic mass is 19.3. The normalized spacial score (nSPS) is 27.1. The van der Waals surface area contributed by atoms with Crippen molar-refractivity contribution in [1.82, 2.24) is 10.2 Å². The van der Waals surface area contributed by atoms with E-state index in [1.54, 1.807) is 6.92 Å². The average molecular weight is 220 g/mol.